The first-order chi connectivity index (χ1) is 8.15. The van der Waals surface area contributed by atoms with Gasteiger partial charge in [-0.15, -0.1) is 0 Å². The van der Waals surface area contributed by atoms with Gasteiger partial charge in [0.1, 0.15) is 0 Å². The van der Waals surface area contributed by atoms with Gasteiger partial charge in [-0.25, -0.2) is 0 Å². The molecule has 4 heteroatoms. The Morgan fingerprint density at radius 3 is 2.71 bits per heavy atom. The molecule has 0 spiro atoms. The summed E-state index contributed by atoms with van der Waals surface area (Å²) in [7, 11) is 1.36. The van der Waals surface area contributed by atoms with Crippen LogP contribution in [0, 0.1) is 11.3 Å². The summed E-state index contributed by atoms with van der Waals surface area (Å²) in [5.74, 6) is -0.293. The van der Waals surface area contributed by atoms with E-state index in [0.29, 0.717) is 10.9 Å². The van der Waals surface area contributed by atoms with E-state index in [0.717, 1.165) is 23.1 Å². The minimum Gasteiger partial charge on any atom is -0.469 e. The summed E-state index contributed by atoms with van der Waals surface area (Å²) >= 11 is 3.40. The second kappa shape index (κ2) is 6.41. The third kappa shape index (κ3) is 3.31. The number of halogens is 1. The maximum atomic E-state index is 11.2. The van der Waals surface area contributed by atoms with E-state index in [1.54, 1.807) is 6.07 Å². The average molecular weight is 296 g/mol. The van der Waals surface area contributed by atoms with Gasteiger partial charge in [0, 0.05) is 5.33 Å². The molecule has 0 fully saturated rings. The number of nitrogens with zero attached hydrogens (tertiary/aromatic N) is 1. The minimum atomic E-state index is -0.293. The molecule has 0 saturated heterocycles. The van der Waals surface area contributed by atoms with Crippen LogP contribution >= 0.6 is 15.9 Å². The summed E-state index contributed by atoms with van der Waals surface area (Å²) in [6.07, 6.45) is 1.01. The smallest absolute Gasteiger partial charge is 0.309 e. The van der Waals surface area contributed by atoms with Crippen LogP contribution in [0.5, 0.6) is 0 Å². The Morgan fingerprint density at radius 1 is 1.53 bits per heavy atom. The van der Waals surface area contributed by atoms with Crippen molar-refractivity contribution in [1.82, 2.24) is 0 Å². The molecule has 1 aromatic carbocycles. The lowest BCUT2D eigenvalue weighted by atomic mass is 9.96. The van der Waals surface area contributed by atoms with Gasteiger partial charge in [0.2, 0.25) is 0 Å². The second-order valence-corrected chi connectivity index (χ2v) is 4.19. The molecule has 1 aromatic rings. The molecule has 0 atom stereocenters. The molecule has 17 heavy (non-hydrogen) atoms. The molecule has 0 radical (unpaired) electrons. The fraction of sp³-hybridized carbons (Fsp3) is 0.385. The average Bonchev–Trinajstić information content (AvgIpc) is 2.37. The van der Waals surface area contributed by atoms with E-state index in [9.17, 15) is 4.79 Å². The van der Waals surface area contributed by atoms with Gasteiger partial charge in [0.15, 0.2) is 0 Å². The molecule has 0 unspecified atom stereocenters. The molecule has 0 aromatic heterocycles. The summed E-state index contributed by atoms with van der Waals surface area (Å²) in [6.45, 7) is 2.02. The molecule has 0 saturated carbocycles. The van der Waals surface area contributed by atoms with E-state index < -0.39 is 0 Å². The number of nitriles is 1. The summed E-state index contributed by atoms with van der Waals surface area (Å²) in [6, 6.07) is 5.90. The summed E-state index contributed by atoms with van der Waals surface area (Å²) < 4.78 is 4.62. The maximum Gasteiger partial charge on any atom is 0.309 e. The standard InChI is InChI=1S/C13H14BrNO2/c1-3-12-10(7-14)4-9(5-11(12)8-15)6-13(16)17-2/h4-5H,3,6-7H2,1-2H3. The van der Waals surface area contributed by atoms with E-state index in [-0.39, 0.29) is 12.4 Å². The van der Waals surface area contributed by atoms with Crippen LogP contribution in [0.2, 0.25) is 0 Å². The highest BCUT2D eigenvalue weighted by Crippen LogP contribution is 2.21. The lowest BCUT2D eigenvalue weighted by molar-refractivity contribution is -0.139. The fourth-order valence-electron chi connectivity index (χ4n) is 1.78. The first kappa shape index (κ1) is 13.7. The molecule has 0 heterocycles. The van der Waals surface area contributed by atoms with E-state index in [4.69, 9.17) is 5.26 Å². The summed E-state index contributed by atoms with van der Waals surface area (Å²) in [4.78, 5) is 11.2. The first-order valence-electron chi connectivity index (χ1n) is 5.33. The monoisotopic (exact) mass is 295 g/mol. The maximum absolute atomic E-state index is 11.2. The Balaban J connectivity index is 3.19. The van der Waals surface area contributed by atoms with Crippen LogP contribution in [0.15, 0.2) is 12.1 Å². The van der Waals surface area contributed by atoms with Gasteiger partial charge in [-0.3, -0.25) is 4.79 Å². The molecule has 1 rings (SSSR count). The molecule has 0 amide bonds. The van der Waals surface area contributed by atoms with Crippen molar-refractivity contribution in [3.63, 3.8) is 0 Å². The number of alkyl halides is 1. The minimum absolute atomic E-state index is 0.204. The van der Waals surface area contributed by atoms with Crippen molar-refractivity contribution in [2.24, 2.45) is 0 Å². The normalized spacial score (nSPS) is 9.76. The SMILES string of the molecule is CCc1c(C#N)cc(CC(=O)OC)cc1CBr. The quantitative estimate of drug-likeness (QED) is 0.634. The zero-order chi connectivity index (χ0) is 12.8. The lowest BCUT2D eigenvalue weighted by Gasteiger charge is -2.10. The lowest BCUT2D eigenvalue weighted by Crippen LogP contribution is -2.06. The van der Waals surface area contributed by atoms with Gasteiger partial charge in [-0.05, 0) is 29.2 Å². The van der Waals surface area contributed by atoms with Crippen molar-refractivity contribution >= 4 is 21.9 Å². The van der Waals surface area contributed by atoms with Gasteiger partial charge in [-0.1, -0.05) is 28.9 Å². The van der Waals surface area contributed by atoms with Gasteiger partial charge >= 0.3 is 5.97 Å². The van der Waals surface area contributed by atoms with Crippen molar-refractivity contribution in [3.05, 3.63) is 34.4 Å². The third-order valence-electron chi connectivity index (χ3n) is 2.60. The zero-order valence-corrected chi connectivity index (χ0v) is 11.5. The predicted molar refractivity (Wildman–Crippen MR) is 68.9 cm³/mol. The van der Waals surface area contributed by atoms with Crippen LogP contribution in [-0.4, -0.2) is 13.1 Å². The van der Waals surface area contributed by atoms with Crippen LogP contribution in [0.25, 0.3) is 0 Å². The number of rotatable bonds is 4. The molecule has 0 aliphatic carbocycles. The molecule has 0 bridgehead atoms. The number of hydrogen-bond acceptors (Lipinski definition) is 3. The Labute approximate surface area is 110 Å². The number of methoxy groups -OCH3 is 1. The molecule has 0 N–H and O–H groups in total. The molecule has 3 nitrogen and oxygen atoms in total. The van der Waals surface area contributed by atoms with Crippen molar-refractivity contribution < 1.29 is 9.53 Å². The molecule has 90 valence electrons. The first-order valence-corrected chi connectivity index (χ1v) is 6.45. The molecule has 0 aliphatic rings. The van der Waals surface area contributed by atoms with Gasteiger partial charge in [0.05, 0.1) is 25.2 Å². The number of hydrogen-bond donors (Lipinski definition) is 0. The van der Waals surface area contributed by atoms with E-state index in [1.807, 2.05) is 13.0 Å². The van der Waals surface area contributed by atoms with Crippen LogP contribution < -0.4 is 0 Å². The van der Waals surface area contributed by atoms with E-state index in [2.05, 4.69) is 26.7 Å². The fourth-order valence-corrected chi connectivity index (χ4v) is 2.28. The number of benzene rings is 1. The third-order valence-corrected chi connectivity index (χ3v) is 3.20. The van der Waals surface area contributed by atoms with E-state index >= 15 is 0 Å². The number of carbonyl (C=O) groups is 1. The van der Waals surface area contributed by atoms with Gasteiger partial charge in [-0.2, -0.15) is 5.26 Å². The van der Waals surface area contributed by atoms with Crippen LogP contribution in [0.4, 0.5) is 0 Å². The Morgan fingerprint density at radius 2 is 2.24 bits per heavy atom. The summed E-state index contributed by atoms with van der Waals surface area (Å²) in [5.41, 5.74) is 3.56. The number of carbonyl (C=O) groups excluding carboxylic acids is 1. The highest BCUT2D eigenvalue weighted by molar-refractivity contribution is 9.08. The largest absolute Gasteiger partial charge is 0.469 e. The van der Waals surface area contributed by atoms with Crippen molar-refractivity contribution in [2.45, 2.75) is 25.1 Å². The topological polar surface area (TPSA) is 50.1 Å². The highest BCUT2D eigenvalue weighted by atomic mass is 79.9. The number of esters is 1. The molecular weight excluding hydrogens is 282 g/mol. The Bertz CT molecular complexity index is 463. The Kier molecular flexibility index (Phi) is 5.17. The molecule has 0 aliphatic heterocycles. The van der Waals surface area contributed by atoms with Gasteiger partial charge < -0.3 is 4.74 Å². The molecular formula is C13H14BrNO2. The van der Waals surface area contributed by atoms with Crippen LogP contribution in [0.3, 0.4) is 0 Å². The zero-order valence-electron chi connectivity index (χ0n) is 9.92. The van der Waals surface area contributed by atoms with Crippen molar-refractivity contribution in [2.75, 3.05) is 7.11 Å². The Hall–Kier alpha value is -1.34. The van der Waals surface area contributed by atoms with Crippen LogP contribution in [0.1, 0.15) is 29.2 Å². The highest BCUT2D eigenvalue weighted by Gasteiger charge is 2.11. The van der Waals surface area contributed by atoms with Crippen molar-refractivity contribution in [1.29, 1.82) is 5.26 Å². The van der Waals surface area contributed by atoms with Gasteiger partial charge in [0.25, 0.3) is 0 Å². The summed E-state index contributed by atoms with van der Waals surface area (Å²) in [5, 5.41) is 9.78. The van der Waals surface area contributed by atoms with Crippen molar-refractivity contribution in [3.8, 4) is 6.07 Å². The second-order valence-electron chi connectivity index (χ2n) is 3.63. The van der Waals surface area contributed by atoms with E-state index in [1.165, 1.54) is 7.11 Å². The number of ether oxygens (including phenoxy) is 1. The predicted octanol–water partition coefficient (Wildman–Crippen LogP) is 2.73. The van der Waals surface area contributed by atoms with Crippen LogP contribution in [-0.2, 0) is 27.7 Å².